The summed E-state index contributed by atoms with van der Waals surface area (Å²) < 4.78 is 5.38. The first kappa shape index (κ1) is 19.1. The van der Waals surface area contributed by atoms with Crippen LogP contribution < -0.4 is 0 Å². The van der Waals surface area contributed by atoms with Gasteiger partial charge in [0.05, 0.1) is 18.3 Å². The van der Waals surface area contributed by atoms with Crippen molar-refractivity contribution in [1.82, 2.24) is 0 Å². The first-order chi connectivity index (χ1) is 10.4. The third-order valence-corrected chi connectivity index (χ3v) is 3.99. The first-order valence-electron chi connectivity index (χ1n) is 8.03. The Morgan fingerprint density at radius 1 is 1.36 bits per heavy atom. The summed E-state index contributed by atoms with van der Waals surface area (Å²) in [7, 11) is 0. The van der Waals surface area contributed by atoms with Crippen LogP contribution in [-0.4, -0.2) is 51.0 Å². The van der Waals surface area contributed by atoms with Crippen molar-refractivity contribution in [2.24, 2.45) is 5.92 Å². The van der Waals surface area contributed by atoms with Crippen LogP contribution in [0.5, 0.6) is 0 Å². The number of carboxylic acid groups (broad SMARTS) is 1. The van der Waals surface area contributed by atoms with Gasteiger partial charge in [0, 0.05) is 18.8 Å². The summed E-state index contributed by atoms with van der Waals surface area (Å²) in [5, 5.41) is 38.3. The minimum absolute atomic E-state index is 0.0649. The van der Waals surface area contributed by atoms with Crippen molar-refractivity contribution in [1.29, 1.82) is 0 Å². The van der Waals surface area contributed by atoms with Crippen molar-refractivity contribution in [2.45, 2.75) is 76.5 Å². The van der Waals surface area contributed by atoms with Gasteiger partial charge in [0.2, 0.25) is 0 Å². The van der Waals surface area contributed by atoms with Crippen LogP contribution in [0.1, 0.15) is 51.9 Å². The molecular weight excluding hydrogens is 288 g/mol. The minimum atomic E-state index is -1.07. The van der Waals surface area contributed by atoms with Gasteiger partial charge in [0.1, 0.15) is 0 Å². The van der Waals surface area contributed by atoms with Crippen LogP contribution >= 0.6 is 0 Å². The fourth-order valence-corrected chi connectivity index (χ4v) is 2.71. The molecule has 1 rings (SSSR count). The molecule has 1 aliphatic heterocycles. The molecule has 0 aliphatic carbocycles. The molecule has 1 fully saturated rings. The zero-order valence-electron chi connectivity index (χ0n) is 13.1. The van der Waals surface area contributed by atoms with Crippen LogP contribution in [0.4, 0.5) is 0 Å². The van der Waals surface area contributed by atoms with E-state index in [1.807, 2.05) is 0 Å². The first-order valence-corrected chi connectivity index (χ1v) is 8.03. The van der Waals surface area contributed by atoms with Crippen LogP contribution in [0.3, 0.4) is 0 Å². The van der Waals surface area contributed by atoms with E-state index < -0.39 is 36.5 Å². The van der Waals surface area contributed by atoms with Gasteiger partial charge in [-0.1, -0.05) is 38.3 Å². The number of hydrogen-bond donors (Lipinski definition) is 4. The van der Waals surface area contributed by atoms with Gasteiger partial charge in [-0.2, -0.15) is 0 Å². The lowest BCUT2D eigenvalue weighted by Gasteiger charge is -2.36. The Hall–Kier alpha value is -0.950. The summed E-state index contributed by atoms with van der Waals surface area (Å²) in [5.74, 6) is -1.32. The number of aliphatic hydroxyl groups is 3. The normalized spacial score (nSPS) is 30.5. The van der Waals surface area contributed by atoms with E-state index in [4.69, 9.17) is 9.84 Å². The van der Waals surface area contributed by atoms with E-state index in [1.54, 1.807) is 12.2 Å². The highest BCUT2D eigenvalue weighted by Crippen LogP contribution is 2.29. The fraction of sp³-hybridized carbons (Fsp3) is 0.812. The topological polar surface area (TPSA) is 107 Å². The van der Waals surface area contributed by atoms with Gasteiger partial charge in [-0.05, 0) is 12.8 Å². The molecule has 6 heteroatoms. The lowest BCUT2D eigenvalue weighted by Crippen LogP contribution is -2.43. The molecule has 0 aromatic carbocycles. The van der Waals surface area contributed by atoms with E-state index >= 15 is 0 Å². The molecule has 1 unspecified atom stereocenters. The molecule has 128 valence electrons. The third-order valence-electron chi connectivity index (χ3n) is 3.99. The molecule has 1 aliphatic rings. The maximum Gasteiger partial charge on any atom is 0.303 e. The molecule has 4 N–H and O–H groups in total. The average molecular weight is 316 g/mol. The summed E-state index contributed by atoms with van der Waals surface area (Å²) in [5.41, 5.74) is 0. The Morgan fingerprint density at radius 2 is 2.09 bits per heavy atom. The molecule has 0 aromatic heterocycles. The Kier molecular flexibility index (Phi) is 8.63. The minimum Gasteiger partial charge on any atom is -0.481 e. The van der Waals surface area contributed by atoms with Gasteiger partial charge in [0.25, 0.3) is 0 Å². The van der Waals surface area contributed by atoms with Crippen LogP contribution in [-0.2, 0) is 9.53 Å². The molecular formula is C16H28O6. The van der Waals surface area contributed by atoms with Crippen LogP contribution in [0.15, 0.2) is 12.2 Å². The number of carbonyl (C=O) groups is 1. The number of aliphatic carboxylic acids is 1. The summed E-state index contributed by atoms with van der Waals surface area (Å²) >= 11 is 0. The summed E-state index contributed by atoms with van der Waals surface area (Å²) in [6.45, 7) is 2.09. The predicted octanol–water partition coefficient (Wildman–Crippen LogP) is 1.43. The van der Waals surface area contributed by atoms with Gasteiger partial charge < -0.3 is 25.2 Å². The lowest BCUT2D eigenvalue weighted by atomic mass is 9.86. The highest BCUT2D eigenvalue weighted by atomic mass is 16.6. The molecule has 5 atom stereocenters. The zero-order chi connectivity index (χ0) is 16.5. The Morgan fingerprint density at radius 3 is 2.73 bits per heavy atom. The monoisotopic (exact) mass is 316 g/mol. The molecule has 0 aromatic rings. The van der Waals surface area contributed by atoms with E-state index in [-0.39, 0.29) is 19.3 Å². The van der Waals surface area contributed by atoms with E-state index in [0.717, 1.165) is 19.3 Å². The van der Waals surface area contributed by atoms with Crippen molar-refractivity contribution < 1.29 is 30.0 Å². The van der Waals surface area contributed by atoms with E-state index in [1.165, 1.54) is 0 Å². The van der Waals surface area contributed by atoms with Crippen molar-refractivity contribution in [2.75, 3.05) is 0 Å². The zero-order valence-corrected chi connectivity index (χ0v) is 13.1. The Bertz CT molecular complexity index is 357. The highest BCUT2D eigenvalue weighted by molar-refractivity contribution is 5.66. The molecule has 22 heavy (non-hydrogen) atoms. The maximum absolute atomic E-state index is 10.7. The van der Waals surface area contributed by atoms with Crippen molar-refractivity contribution in [3.8, 4) is 0 Å². The fourth-order valence-electron chi connectivity index (χ4n) is 2.71. The summed E-state index contributed by atoms with van der Waals surface area (Å²) in [4.78, 5) is 10.7. The van der Waals surface area contributed by atoms with Gasteiger partial charge in [0.15, 0.2) is 6.29 Å². The van der Waals surface area contributed by atoms with E-state index in [9.17, 15) is 20.1 Å². The van der Waals surface area contributed by atoms with Crippen molar-refractivity contribution in [3.05, 3.63) is 12.2 Å². The van der Waals surface area contributed by atoms with Gasteiger partial charge in [-0.25, -0.2) is 0 Å². The average Bonchev–Trinajstić information content (AvgIpc) is 2.43. The highest BCUT2D eigenvalue weighted by Gasteiger charge is 2.35. The number of unbranched alkanes of at least 4 members (excludes halogenated alkanes) is 2. The lowest BCUT2D eigenvalue weighted by molar-refractivity contribution is -0.201. The van der Waals surface area contributed by atoms with Crippen LogP contribution in [0.25, 0.3) is 0 Å². The molecule has 1 heterocycles. The second-order valence-electron chi connectivity index (χ2n) is 5.90. The quantitative estimate of drug-likeness (QED) is 0.379. The predicted molar refractivity (Wildman–Crippen MR) is 81.2 cm³/mol. The number of rotatable bonds is 9. The van der Waals surface area contributed by atoms with E-state index in [2.05, 4.69) is 6.92 Å². The summed E-state index contributed by atoms with van der Waals surface area (Å²) in [6.07, 6.45) is 4.20. The summed E-state index contributed by atoms with van der Waals surface area (Å²) in [6, 6.07) is 0. The Labute approximate surface area is 131 Å². The number of hydrogen-bond acceptors (Lipinski definition) is 5. The molecule has 0 bridgehead atoms. The SMILES string of the molecule is CCCCCC(O)/C=C/[C@H]1O[C@@H](O)C[C@H](O)[C@@H]1CCC(=O)O. The molecule has 6 nitrogen and oxygen atoms in total. The van der Waals surface area contributed by atoms with Crippen molar-refractivity contribution in [3.63, 3.8) is 0 Å². The Balaban J connectivity index is 2.58. The smallest absolute Gasteiger partial charge is 0.303 e. The second-order valence-corrected chi connectivity index (χ2v) is 5.90. The molecule has 0 radical (unpaired) electrons. The van der Waals surface area contributed by atoms with Gasteiger partial charge in [-0.3, -0.25) is 4.79 Å². The molecule has 0 saturated carbocycles. The van der Waals surface area contributed by atoms with E-state index in [0.29, 0.717) is 6.42 Å². The largest absolute Gasteiger partial charge is 0.481 e. The van der Waals surface area contributed by atoms with Gasteiger partial charge in [-0.15, -0.1) is 0 Å². The van der Waals surface area contributed by atoms with Crippen LogP contribution in [0.2, 0.25) is 0 Å². The van der Waals surface area contributed by atoms with Crippen molar-refractivity contribution >= 4 is 5.97 Å². The molecule has 0 spiro atoms. The molecule has 0 amide bonds. The molecule has 1 saturated heterocycles. The standard InChI is InChI=1S/C16H28O6/c1-2-3-4-5-11(17)6-8-14-12(7-9-15(19)20)13(18)10-16(21)22-14/h6,8,11-14,16-18,21H,2-5,7,9-10H2,1H3,(H,19,20)/b8-6+/t11?,12-,13-,14+,16+/m0/s1. The number of aliphatic hydroxyl groups excluding tert-OH is 3. The maximum atomic E-state index is 10.7. The van der Waals surface area contributed by atoms with Gasteiger partial charge >= 0.3 is 5.97 Å². The number of ether oxygens (including phenoxy) is 1. The third kappa shape index (κ3) is 6.87. The second kappa shape index (κ2) is 9.94. The van der Waals surface area contributed by atoms with Crippen LogP contribution in [0, 0.1) is 5.92 Å². The number of carboxylic acids is 1.